The summed E-state index contributed by atoms with van der Waals surface area (Å²) in [6, 6.07) is 6.88. The number of nitrogens with one attached hydrogen (secondary N) is 1. The summed E-state index contributed by atoms with van der Waals surface area (Å²) in [7, 11) is -1.45. The Labute approximate surface area is 112 Å². The maximum Gasteiger partial charge on any atom is 0.180 e. The molecule has 7 heteroatoms. The summed E-state index contributed by atoms with van der Waals surface area (Å²) in [5.41, 5.74) is 1.35. The van der Waals surface area contributed by atoms with Crippen LogP contribution in [0.3, 0.4) is 0 Å². The zero-order valence-electron chi connectivity index (χ0n) is 10.9. The van der Waals surface area contributed by atoms with Gasteiger partial charge in [0.1, 0.15) is 5.69 Å². The first kappa shape index (κ1) is 13.5. The van der Waals surface area contributed by atoms with Crippen LogP contribution >= 0.6 is 0 Å². The van der Waals surface area contributed by atoms with E-state index in [-0.39, 0.29) is 5.75 Å². The molecule has 0 aliphatic carbocycles. The highest BCUT2D eigenvalue weighted by Gasteiger charge is 2.15. The Morgan fingerprint density at radius 2 is 2.05 bits per heavy atom. The lowest BCUT2D eigenvalue weighted by Crippen LogP contribution is -2.09. The lowest BCUT2D eigenvalue weighted by molar-refractivity contribution is 0.597. The second-order valence-electron chi connectivity index (χ2n) is 4.14. The molecule has 0 amide bonds. The van der Waals surface area contributed by atoms with Crippen LogP contribution in [0.2, 0.25) is 0 Å². The summed E-state index contributed by atoms with van der Waals surface area (Å²) in [6.07, 6.45) is 1.78. The van der Waals surface area contributed by atoms with Gasteiger partial charge < -0.3 is 5.32 Å². The quantitative estimate of drug-likeness (QED) is 0.891. The molecule has 0 radical (unpaired) electrons. The molecule has 1 N–H and O–H groups in total. The van der Waals surface area contributed by atoms with Crippen LogP contribution in [-0.2, 0) is 23.4 Å². The van der Waals surface area contributed by atoms with E-state index in [2.05, 4.69) is 15.6 Å². The van der Waals surface area contributed by atoms with Gasteiger partial charge in [0, 0.05) is 13.2 Å². The van der Waals surface area contributed by atoms with Gasteiger partial charge in [-0.15, -0.1) is 5.10 Å². The van der Waals surface area contributed by atoms with Crippen molar-refractivity contribution in [1.82, 2.24) is 15.0 Å². The van der Waals surface area contributed by atoms with Crippen LogP contribution in [0.25, 0.3) is 0 Å². The summed E-state index contributed by atoms with van der Waals surface area (Å²) in [6.45, 7) is 2.07. The standard InChI is InChI=1S/C12H16N4O2S/c1-3-19(17,18)12-7-5-4-6-11(12)13-8-10-9-16(2)15-14-10/h4-7,9,13H,3,8H2,1-2H3. The van der Waals surface area contributed by atoms with Gasteiger partial charge in [0.2, 0.25) is 0 Å². The van der Waals surface area contributed by atoms with Gasteiger partial charge in [0.15, 0.2) is 9.84 Å². The Morgan fingerprint density at radius 3 is 2.68 bits per heavy atom. The number of nitrogens with zero attached hydrogens (tertiary/aromatic N) is 3. The molecule has 6 nitrogen and oxygen atoms in total. The first-order valence-electron chi connectivity index (χ1n) is 5.94. The number of sulfone groups is 1. The molecule has 0 saturated carbocycles. The topological polar surface area (TPSA) is 76.9 Å². The highest BCUT2D eigenvalue weighted by molar-refractivity contribution is 7.91. The predicted octanol–water partition coefficient (Wildman–Crippen LogP) is 1.22. The van der Waals surface area contributed by atoms with Crippen LogP contribution in [0.5, 0.6) is 0 Å². The van der Waals surface area contributed by atoms with Crippen LogP contribution in [0.1, 0.15) is 12.6 Å². The first-order chi connectivity index (χ1) is 9.03. The monoisotopic (exact) mass is 280 g/mol. The van der Waals surface area contributed by atoms with Crippen molar-refractivity contribution in [2.45, 2.75) is 18.4 Å². The fraction of sp³-hybridized carbons (Fsp3) is 0.333. The summed E-state index contributed by atoms with van der Waals surface area (Å²) in [5, 5.41) is 10.9. The smallest absolute Gasteiger partial charge is 0.180 e. The molecule has 0 bridgehead atoms. The zero-order valence-corrected chi connectivity index (χ0v) is 11.7. The Hall–Kier alpha value is -1.89. The summed E-state index contributed by atoms with van der Waals surface area (Å²) < 4.78 is 25.5. The Kier molecular flexibility index (Phi) is 3.84. The molecule has 0 saturated heterocycles. The lowest BCUT2D eigenvalue weighted by Gasteiger charge is -2.10. The van der Waals surface area contributed by atoms with Crippen LogP contribution in [0.15, 0.2) is 35.4 Å². The molecule has 1 heterocycles. The lowest BCUT2D eigenvalue weighted by atomic mass is 10.3. The van der Waals surface area contributed by atoms with Crippen molar-refractivity contribution < 1.29 is 8.42 Å². The molecule has 0 aliphatic heterocycles. The summed E-state index contributed by atoms with van der Waals surface area (Å²) in [5.74, 6) is 0.0802. The minimum Gasteiger partial charge on any atom is -0.378 e. The van der Waals surface area contributed by atoms with Crippen molar-refractivity contribution in [3.8, 4) is 0 Å². The molecular weight excluding hydrogens is 264 g/mol. The molecule has 0 spiro atoms. The van der Waals surface area contributed by atoms with Gasteiger partial charge in [-0.2, -0.15) is 0 Å². The molecule has 1 aromatic carbocycles. The molecule has 19 heavy (non-hydrogen) atoms. The predicted molar refractivity (Wildman–Crippen MR) is 72.5 cm³/mol. The normalized spacial score (nSPS) is 11.5. The minimum atomic E-state index is -3.23. The minimum absolute atomic E-state index is 0.0802. The third-order valence-electron chi connectivity index (χ3n) is 2.71. The van der Waals surface area contributed by atoms with Gasteiger partial charge >= 0.3 is 0 Å². The third-order valence-corrected chi connectivity index (χ3v) is 4.50. The number of hydrogen-bond acceptors (Lipinski definition) is 5. The largest absolute Gasteiger partial charge is 0.378 e. The van der Waals surface area contributed by atoms with E-state index in [1.807, 2.05) is 0 Å². The number of hydrogen-bond donors (Lipinski definition) is 1. The van der Waals surface area contributed by atoms with E-state index in [9.17, 15) is 8.42 Å². The number of aromatic nitrogens is 3. The summed E-state index contributed by atoms with van der Waals surface area (Å²) >= 11 is 0. The van der Waals surface area contributed by atoms with Crippen molar-refractivity contribution in [3.05, 3.63) is 36.2 Å². The van der Waals surface area contributed by atoms with Crippen molar-refractivity contribution in [1.29, 1.82) is 0 Å². The van der Waals surface area contributed by atoms with E-state index >= 15 is 0 Å². The zero-order chi connectivity index (χ0) is 13.9. The van der Waals surface area contributed by atoms with Gasteiger partial charge in [0.05, 0.1) is 22.9 Å². The van der Waals surface area contributed by atoms with Gasteiger partial charge in [-0.3, -0.25) is 4.68 Å². The highest BCUT2D eigenvalue weighted by Crippen LogP contribution is 2.22. The van der Waals surface area contributed by atoms with E-state index in [1.165, 1.54) is 0 Å². The second kappa shape index (κ2) is 5.40. The Bertz CT molecular complexity index is 664. The first-order valence-corrected chi connectivity index (χ1v) is 7.59. The average molecular weight is 280 g/mol. The molecule has 2 aromatic rings. The molecule has 0 aliphatic rings. The van der Waals surface area contributed by atoms with Gasteiger partial charge in [-0.05, 0) is 12.1 Å². The number of anilines is 1. The molecule has 102 valence electrons. The van der Waals surface area contributed by atoms with E-state index in [1.54, 1.807) is 49.1 Å². The highest BCUT2D eigenvalue weighted by atomic mass is 32.2. The molecular formula is C12H16N4O2S. The molecule has 0 fully saturated rings. The van der Waals surface area contributed by atoms with Crippen molar-refractivity contribution in [2.75, 3.05) is 11.1 Å². The van der Waals surface area contributed by atoms with E-state index in [0.717, 1.165) is 5.69 Å². The van der Waals surface area contributed by atoms with Gasteiger partial charge in [-0.25, -0.2) is 8.42 Å². The fourth-order valence-corrected chi connectivity index (χ4v) is 2.77. The van der Waals surface area contributed by atoms with Crippen molar-refractivity contribution in [3.63, 3.8) is 0 Å². The number of para-hydroxylation sites is 1. The van der Waals surface area contributed by atoms with Gasteiger partial charge in [-0.1, -0.05) is 24.3 Å². The Balaban J connectivity index is 2.21. The number of aryl methyl sites for hydroxylation is 1. The number of benzene rings is 1. The maximum absolute atomic E-state index is 12.0. The van der Waals surface area contributed by atoms with Crippen LogP contribution in [-0.4, -0.2) is 29.2 Å². The summed E-state index contributed by atoms with van der Waals surface area (Å²) in [4.78, 5) is 0.321. The van der Waals surface area contributed by atoms with E-state index in [0.29, 0.717) is 17.1 Å². The fourth-order valence-electron chi connectivity index (χ4n) is 1.70. The second-order valence-corrected chi connectivity index (χ2v) is 6.38. The van der Waals surface area contributed by atoms with Crippen LogP contribution < -0.4 is 5.32 Å². The number of rotatable bonds is 5. The van der Waals surface area contributed by atoms with Crippen LogP contribution in [0.4, 0.5) is 5.69 Å². The maximum atomic E-state index is 12.0. The van der Waals surface area contributed by atoms with E-state index in [4.69, 9.17) is 0 Å². The molecule has 0 atom stereocenters. The average Bonchev–Trinajstić information content (AvgIpc) is 2.82. The molecule has 2 rings (SSSR count). The molecule has 0 unspecified atom stereocenters. The Morgan fingerprint density at radius 1 is 1.32 bits per heavy atom. The van der Waals surface area contributed by atoms with Crippen LogP contribution in [0, 0.1) is 0 Å². The van der Waals surface area contributed by atoms with Crippen molar-refractivity contribution in [2.24, 2.45) is 7.05 Å². The third kappa shape index (κ3) is 3.11. The molecule has 1 aromatic heterocycles. The SMILES string of the molecule is CCS(=O)(=O)c1ccccc1NCc1cn(C)nn1. The van der Waals surface area contributed by atoms with Gasteiger partial charge in [0.25, 0.3) is 0 Å². The van der Waals surface area contributed by atoms with Crippen molar-refractivity contribution >= 4 is 15.5 Å². The van der Waals surface area contributed by atoms with E-state index < -0.39 is 9.84 Å².